The Hall–Kier alpha value is -5.97. The van der Waals surface area contributed by atoms with Gasteiger partial charge >= 0.3 is 0 Å². The van der Waals surface area contributed by atoms with Crippen LogP contribution in [-0.2, 0) is 0 Å². The molecule has 0 bridgehead atoms. The van der Waals surface area contributed by atoms with Gasteiger partial charge in [0, 0.05) is 36.9 Å². The van der Waals surface area contributed by atoms with Crippen LogP contribution in [-0.4, -0.2) is 15.0 Å². The Labute approximate surface area is 276 Å². The quantitative estimate of drug-likeness (QED) is 0.193. The highest BCUT2D eigenvalue weighted by molar-refractivity contribution is 7.25. The summed E-state index contributed by atoms with van der Waals surface area (Å²) in [5, 5.41) is 4.85. The molecule has 0 atom stereocenters. The van der Waals surface area contributed by atoms with Gasteiger partial charge < -0.3 is 0 Å². The van der Waals surface area contributed by atoms with Gasteiger partial charge in [0.1, 0.15) is 0 Å². The smallest absolute Gasteiger partial charge is 0.164 e. The van der Waals surface area contributed by atoms with Crippen molar-refractivity contribution >= 4 is 42.3 Å². The lowest BCUT2D eigenvalue weighted by Gasteiger charge is -2.12. The lowest BCUT2D eigenvalue weighted by atomic mass is 9.94. The summed E-state index contributed by atoms with van der Waals surface area (Å²) in [4.78, 5) is 15.3. The van der Waals surface area contributed by atoms with Gasteiger partial charge in [-0.3, -0.25) is 0 Å². The Kier molecular flexibility index (Phi) is 6.65. The van der Waals surface area contributed by atoms with E-state index in [4.69, 9.17) is 15.0 Å². The fourth-order valence-electron chi connectivity index (χ4n) is 6.46. The first-order valence-corrected chi connectivity index (χ1v) is 16.5. The third-order valence-electron chi connectivity index (χ3n) is 8.73. The summed E-state index contributed by atoms with van der Waals surface area (Å²) in [5.41, 5.74) is 7.62. The molecule has 7 aromatic carbocycles. The summed E-state index contributed by atoms with van der Waals surface area (Å²) < 4.78 is 2.48. The topological polar surface area (TPSA) is 38.7 Å². The Balaban J connectivity index is 1.21. The average Bonchev–Trinajstić information content (AvgIpc) is 3.54. The molecular weight excluding hydrogens is 591 g/mol. The molecule has 9 aromatic rings. The summed E-state index contributed by atoms with van der Waals surface area (Å²) >= 11 is 1.80. The SMILES string of the molecule is c1ccc(-c2nc(-c3cccc(-c4ccc5cccc(-c6ccccc6)c5c4)c3)nc(-c3cccc4sc5ccccc5c34)n2)cc1. The minimum atomic E-state index is 0.651. The van der Waals surface area contributed by atoms with Crippen LogP contribution >= 0.6 is 11.3 Å². The van der Waals surface area contributed by atoms with E-state index in [1.54, 1.807) is 11.3 Å². The van der Waals surface area contributed by atoms with Crippen molar-refractivity contribution in [2.75, 3.05) is 0 Å². The molecule has 0 aliphatic heterocycles. The lowest BCUT2D eigenvalue weighted by molar-refractivity contribution is 1.08. The van der Waals surface area contributed by atoms with Crippen molar-refractivity contribution < 1.29 is 0 Å². The van der Waals surface area contributed by atoms with Gasteiger partial charge in [-0.05, 0) is 57.3 Å². The Morgan fingerprint density at radius 3 is 1.79 bits per heavy atom. The van der Waals surface area contributed by atoms with E-state index < -0.39 is 0 Å². The van der Waals surface area contributed by atoms with Gasteiger partial charge in [0.2, 0.25) is 0 Å². The van der Waals surface area contributed by atoms with Crippen LogP contribution in [0.25, 0.3) is 87.4 Å². The van der Waals surface area contributed by atoms with E-state index in [0.29, 0.717) is 17.5 Å². The number of nitrogens with zero attached hydrogens (tertiary/aromatic N) is 3. The highest BCUT2D eigenvalue weighted by Gasteiger charge is 2.17. The first-order chi connectivity index (χ1) is 23.3. The fourth-order valence-corrected chi connectivity index (χ4v) is 7.59. The van der Waals surface area contributed by atoms with Crippen LogP contribution in [0.2, 0.25) is 0 Å². The number of aromatic nitrogens is 3. The van der Waals surface area contributed by atoms with Crippen LogP contribution in [0.1, 0.15) is 0 Å². The molecule has 47 heavy (non-hydrogen) atoms. The predicted molar refractivity (Wildman–Crippen MR) is 197 cm³/mol. The van der Waals surface area contributed by atoms with E-state index in [0.717, 1.165) is 27.8 Å². The molecule has 0 fully saturated rings. The van der Waals surface area contributed by atoms with Crippen molar-refractivity contribution in [3.05, 3.63) is 164 Å². The molecule has 0 N–H and O–H groups in total. The maximum Gasteiger partial charge on any atom is 0.164 e. The van der Waals surface area contributed by atoms with E-state index in [2.05, 4.69) is 146 Å². The third kappa shape index (κ3) is 4.96. The van der Waals surface area contributed by atoms with E-state index in [9.17, 15) is 0 Å². The van der Waals surface area contributed by atoms with Crippen LogP contribution in [0.4, 0.5) is 0 Å². The maximum absolute atomic E-state index is 5.16. The molecular formula is C43H27N3S. The first kappa shape index (κ1) is 27.3. The zero-order valence-electron chi connectivity index (χ0n) is 25.3. The van der Waals surface area contributed by atoms with Gasteiger partial charge in [-0.1, -0.05) is 140 Å². The summed E-state index contributed by atoms with van der Waals surface area (Å²) in [6.45, 7) is 0. The van der Waals surface area contributed by atoms with Crippen LogP contribution < -0.4 is 0 Å². The Morgan fingerprint density at radius 1 is 0.340 bits per heavy atom. The number of rotatable bonds is 5. The van der Waals surface area contributed by atoms with E-state index in [1.165, 1.54) is 42.1 Å². The molecule has 3 nitrogen and oxygen atoms in total. The van der Waals surface area contributed by atoms with E-state index in [-0.39, 0.29) is 0 Å². The van der Waals surface area contributed by atoms with Crippen LogP contribution in [0.3, 0.4) is 0 Å². The van der Waals surface area contributed by atoms with Crippen LogP contribution in [0, 0.1) is 0 Å². The second kappa shape index (κ2) is 11.4. The first-order valence-electron chi connectivity index (χ1n) is 15.7. The maximum atomic E-state index is 5.16. The molecule has 0 aliphatic carbocycles. The van der Waals surface area contributed by atoms with Crippen LogP contribution in [0.5, 0.6) is 0 Å². The number of thiophene rings is 1. The molecule has 0 radical (unpaired) electrons. The molecule has 0 aliphatic rings. The summed E-state index contributed by atoms with van der Waals surface area (Å²) in [6, 6.07) is 57.5. The monoisotopic (exact) mass is 617 g/mol. The molecule has 0 amide bonds. The van der Waals surface area contributed by atoms with Gasteiger partial charge in [-0.2, -0.15) is 0 Å². The summed E-state index contributed by atoms with van der Waals surface area (Å²) in [6.07, 6.45) is 0. The molecule has 4 heteroatoms. The van der Waals surface area contributed by atoms with Gasteiger partial charge in [-0.25, -0.2) is 15.0 Å². The van der Waals surface area contributed by atoms with Gasteiger partial charge in [0.25, 0.3) is 0 Å². The Morgan fingerprint density at radius 2 is 0.936 bits per heavy atom. The minimum Gasteiger partial charge on any atom is -0.208 e. The van der Waals surface area contributed by atoms with Gasteiger partial charge in [0.15, 0.2) is 17.5 Å². The number of fused-ring (bicyclic) bond motifs is 4. The second-order valence-electron chi connectivity index (χ2n) is 11.6. The molecule has 9 rings (SSSR count). The van der Waals surface area contributed by atoms with Crippen molar-refractivity contribution in [1.29, 1.82) is 0 Å². The van der Waals surface area contributed by atoms with Crippen molar-refractivity contribution in [3.8, 4) is 56.4 Å². The van der Waals surface area contributed by atoms with Gasteiger partial charge in [0.05, 0.1) is 0 Å². The third-order valence-corrected chi connectivity index (χ3v) is 9.87. The predicted octanol–water partition coefficient (Wildman–Crippen LogP) is 11.7. The molecule has 0 unspecified atom stereocenters. The fraction of sp³-hybridized carbons (Fsp3) is 0. The lowest BCUT2D eigenvalue weighted by Crippen LogP contribution is -2.00. The van der Waals surface area contributed by atoms with Crippen molar-refractivity contribution in [3.63, 3.8) is 0 Å². The average molecular weight is 618 g/mol. The standard InChI is InChI=1S/C43H27N3S/c1-3-12-28(13-4-1)34-20-10-16-29-24-25-32(27-37(29)34)31-17-9-18-33(26-31)42-44-41(30-14-5-2-6-15-30)45-43(46-42)36-21-11-23-39-40(36)35-19-7-8-22-38(35)47-39/h1-27H. The molecule has 2 aromatic heterocycles. The zero-order valence-corrected chi connectivity index (χ0v) is 26.2. The van der Waals surface area contributed by atoms with E-state index in [1.807, 2.05) is 18.2 Å². The molecule has 220 valence electrons. The van der Waals surface area contributed by atoms with E-state index >= 15 is 0 Å². The summed E-state index contributed by atoms with van der Waals surface area (Å²) in [5.74, 6) is 1.98. The molecule has 0 spiro atoms. The molecule has 0 saturated carbocycles. The second-order valence-corrected chi connectivity index (χ2v) is 12.7. The van der Waals surface area contributed by atoms with Crippen molar-refractivity contribution in [2.45, 2.75) is 0 Å². The van der Waals surface area contributed by atoms with Crippen molar-refractivity contribution in [1.82, 2.24) is 15.0 Å². The van der Waals surface area contributed by atoms with Crippen LogP contribution in [0.15, 0.2) is 164 Å². The highest BCUT2D eigenvalue weighted by atomic mass is 32.1. The van der Waals surface area contributed by atoms with Crippen molar-refractivity contribution in [2.24, 2.45) is 0 Å². The zero-order chi connectivity index (χ0) is 31.2. The largest absolute Gasteiger partial charge is 0.208 e. The number of hydrogen-bond acceptors (Lipinski definition) is 4. The normalized spacial score (nSPS) is 11.4. The highest BCUT2D eigenvalue weighted by Crippen LogP contribution is 2.40. The summed E-state index contributed by atoms with van der Waals surface area (Å²) in [7, 11) is 0. The molecule has 0 saturated heterocycles. The number of hydrogen-bond donors (Lipinski definition) is 0. The molecule has 2 heterocycles. The minimum absolute atomic E-state index is 0.651. The van der Waals surface area contributed by atoms with Gasteiger partial charge in [-0.15, -0.1) is 11.3 Å². The number of benzene rings is 7. The Bertz CT molecular complexity index is 2570.